The fourth-order valence-electron chi connectivity index (χ4n) is 5.37. The number of halogens is 5. The quantitative estimate of drug-likeness (QED) is 0.278. The second-order valence-corrected chi connectivity index (χ2v) is 10.3. The summed E-state index contributed by atoms with van der Waals surface area (Å²) in [7, 11) is 0. The molecule has 0 radical (unpaired) electrons. The number of allylic oxidation sites excluding steroid dienone is 2. The van der Waals surface area contributed by atoms with Gasteiger partial charge in [-0.2, -0.15) is 13.2 Å². The van der Waals surface area contributed by atoms with Gasteiger partial charge in [-0.15, -0.1) is 0 Å². The molecule has 3 aromatic rings. The average Bonchev–Trinajstić information content (AvgIpc) is 2.95. The number of alkyl halides is 3. The van der Waals surface area contributed by atoms with Gasteiger partial charge in [0.15, 0.2) is 11.6 Å². The normalized spacial score (nSPS) is 15.7. The topological polar surface area (TPSA) is 32.3 Å². The molecule has 1 aliphatic rings. The SMILES string of the molecule is C/C=C(\CCc1ccc(F)c(F)c1)N1CCC(Cc2ccccc2)(C(=O)NCc2cccc(C(F)(F)F)c2)CC1. The van der Waals surface area contributed by atoms with Crippen LogP contribution in [0, 0.1) is 17.0 Å². The Bertz CT molecular complexity index is 1330. The molecule has 1 saturated heterocycles. The minimum Gasteiger partial charge on any atom is -0.375 e. The lowest BCUT2D eigenvalue weighted by molar-refractivity contribution is -0.137. The molecule has 3 aromatic carbocycles. The zero-order chi connectivity index (χ0) is 28.8. The molecule has 1 heterocycles. The average molecular weight is 557 g/mol. The number of carbonyl (C=O) groups excluding carboxylic acids is 1. The molecular weight excluding hydrogens is 523 g/mol. The summed E-state index contributed by atoms with van der Waals surface area (Å²) in [4.78, 5) is 15.9. The lowest BCUT2D eigenvalue weighted by Gasteiger charge is -2.42. The Morgan fingerprint density at radius 2 is 1.60 bits per heavy atom. The van der Waals surface area contributed by atoms with Crippen LogP contribution in [0.4, 0.5) is 22.0 Å². The fourth-order valence-corrected chi connectivity index (χ4v) is 5.37. The zero-order valence-electron chi connectivity index (χ0n) is 22.4. The predicted molar refractivity (Wildman–Crippen MR) is 145 cm³/mol. The van der Waals surface area contributed by atoms with E-state index in [9.17, 15) is 26.7 Å². The van der Waals surface area contributed by atoms with Crippen molar-refractivity contribution in [2.45, 2.75) is 51.7 Å². The maximum Gasteiger partial charge on any atom is 0.416 e. The minimum absolute atomic E-state index is 0.0113. The number of nitrogens with zero attached hydrogens (tertiary/aromatic N) is 1. The van der Waals surface area contributed by atoms with Crippen LogP contribution < -0.4 is 5.32 Å². The van der Waals surface area contributed by atoms with E-state index >= 15 is 0 Å². The first kappa shape index (κ1) is 29.3. The van der Waals surface area contributed by atoms with Gasteiger partial charge >= 0.3 is 6.18 Å². The van der Waals surface area contributed by atoms with Gasteiger partial charge in [0.1, 0.15) is 0 Å². The molecule has 1 amide bonds. The maximum atomic E-state index is 13.7. The molecule has 8 heteroatoms. The highest BCUT2D eigenvalue weighted by Crippen LogP contribution is 2.37. The lowest BCUT2D eigenvalue weighted by Crippen LogP contribution is -2.49. The van der Waals surface area contributed by atoms with Crippen molar-refractivity contribution in [2.75, 3.05) is 13.1 Å². The Hall–Kier alpha value is -3.68. The van der Waals surface area contributed by atoms with E-state index in [0.29, 0.717) is 56.3 Å². The van der Waals surface area contributed by atoms with Gasteiger partial charge in [-0.25, -0.2) is 8.78 Å². The van der Waals surface area contributed by atoms with Crippen molar-refractivity contribution in [3.63, 3.8) is 0 Å². The van der Waals surface area contributed by atoms with E-state index in [2.05, 4.69) is 10.2 Å². The first-order valence-electron chi connectivity index (χ1n) is 13.4. The van der Waals surface area contributed by atoms with Gasteiger partial charge in [0, 0.05) is 25.3 Å². The summed E-state index contributed by atoms with van der Waals surface area (Å²) in [6.45, 7) is 3.20. The highest BCUT2D eigenvalue weighted by molar-refractivity contribution is 5.83. The van der Waals surface area contributed by atoms with Crippen molar-refractivity contribution in [1.82, 2.24) is 10.2 Å². The molecule has 3 nitrogen and oxygen atoms in total. The number of rotatable bonds is 9. The molecule has 1 N–H and O–H groups in total. The van der Waals surface area contributed by atoms with E-state index < -0.39 is 28.8 Å². The largest absolute Gasteiger partial charge is 0.416 e. The van der Waals surface area contributed by atoms with Crippen LogP contribution in [0.1, 0.15) is 48.4 Å². The van der Waals surface area contributed by atoms with Gasteiger partial charge in [0.05, 0.1) is 11.0 Å². The van der Waals surface area contributed by atoms with Crippen molar-refractivity contribution in [3.8, 4) is 0 Å². The van der Waals surface area contributed by atoms with E-state index in [4.69, 9.17) is 0 Å². The number of amides is 1. The number of carbonyl (C=O) groups is 1. The number of piperidine rings is 1. The van der Waals surface area contributed by atoms with Crippen LogP contribution in [0.3, 0.4) is 0 Å². The number of likely N-dealkylation sites (tertiary alicyclic amines) is 1. The van der Waals surface area contributed by atoms with E-state index in [0.717, 1.165) is 29.5 Å². The smallest absolute Gasteiger partial charge is 0.375 e. The molecule has 4 rings (SSSR count). The number of benzene rings is 3. The van der Waals surface area contributed by atoms with Crippen LogP contribution in [-0.4, -0.2) is 23.9 Å². The second kappa shape index (κ2) is 12.7. The molecule has 0 saturated carbocycles. The number of aryl methyl sites for hydroxylation is 1. The van der Waals surface area contributed by atoms with E-state index in [1.165, 1.54) is 12.1 Å². The zero-order valence-corrected chi connectivity index (χ0v) is 22.4. The Morgan fingerprint density at radius 3 is 2.25 bits per heavy atom. The van der Waals surface area contributed by atoms with E-state index in [-0.39, 0.29) is 12.5 Å². The van der Waals surface area contributed by atoms with Crippen LogP contribution in [0.25, 0.3) is 0 Å². The third-order valence-electron chi connectivity index (χ3n) is 7.69. The molecule has 0 aliphatic carbocycles. The molecule has 0 spiro atoms. The highest BCUT2D eigenvalue weighted by atomic mass is 19.4. The van der Waals surface area contributed by atoms with Crippen LogP contribution in [0.15, 0.2) is 84.6 Å². The number of nitrogens with one attached hydrogen (secondary N) is 1. The molecule has 0 aromatic heterocycles. The lowest BCUT2D eigenvalue weighted by atomic mass is 9.72. The first-order chi connectivity index (χ1) is 19.1. The predicted octanol–water partition coefficient (Wildman–Crippen LogP) is 7.46. The molecule has 1 fully saturated rings. The van der Waals surface area contributed by atoms with Crippen molar-refractivity contribution < 1.29 is 26.7 Å². The van der Waals surface area contributed by atoms with Crippen LogP contribution in [0.5, 0.6) is 0 Å². The third kappa shape index (κ3) is 7.29. The number of hydrogen-bond donors (Lipinski definition) is 1. The Kier molecular flexibility index (Phi) is 9.28. The van der Waals surface area contributed by atoms with Gasteiger partial charge in [-0.3, -0.25) is 4.79 Å². The molecule has 212 valence electrons. The molecule has 0 unspecified atom stereocenters. The highest BCUT2D eigenvalue weighted by Gasteiger charge is 2.41. The summed E-state index contributed by atoms with van der Waals surface area (Å²) >= 11 is 0. The van der Waals surface area contributed by atoms with Crippen molar-refractivity contribution >= 4 is 5.91 Å². The van der Waals surface area contributed by atoms with Crippen molar-refractivity contribution in [3.05, 3.63) is 118 Å². The van der Waals surface area contributed by atoms with E-state index in [1.807, 2.05) is 43.3 Å². The van der Waals surface area contributed by atoms with Gasteiger partial charge in [0.2, 0.25) is 5.91 Å². The van der Waals surface area contributed by atoms with Crippen LogP contribution >= 0.6 is 0 Å². The summed E-state index contributed by atoms with van der Waals surface area (Å²) < 4.78 is 66.4. The van der Waals surface area contributed by atoms with Gasteiger partial charge in [-0.05, 0) is 80.0 Å². The molecule has 1 aliphatic heterocycles. The monoisotopic (exact) mass is 556 g/mol. The second-order valence-electron chi connectivity index (χ2n) is 10.3. The molecule has 0 bridgehead atoms. The molecule has 40 heavy (non-hydrogen) atoms. The van der Waals surface area contributed by atoms with E-state index in [1.54, 1.807) is 12.1 Å². The number of hydrogen-bond acceptors (Lipinski definition) is 2. The van der Waals surface area contributed by atoms with Crippen molar-refractivity contribution in [2.24, 2.45) is 5.41 Å². The molecular formula is C32H33F5N2O. The summed E-state index contributed by atoms with van der Waals surface area (Å²) in [5.74, 6) is -1.90. The summed E-state index contributed by atoms with van der Waals surface area (Å²) in [5, 5.41) is 2.92. The summed E-state index contributed by atoms with van der Waals surface area (Å²) in [6.07, 6.45) is 0.428. The first-order valence-corrected chi connectivity index (χ1v) is 13.4. The van der Waals surface area contributed by atoms with Gasteiger partial charge in [0.25, 0.3) is 0 Å². The fraction of sp³-hybridized carbons (Fsp3) is 0.344. The standard InChI is InChI=1S/C32H33F5N2O/c1-2-27(13-11-23-12-14-28(33)29(34)20-23)39-17-15-31(16-18-39,21-24-7-4-3-5-8-24)30(40)38-22-25-9-6-10-26(19-25)32(35,36)37/h2-10,12,14,19-20H,11,13,15-18,21-22H2,1H3,(H,38,40)/b27-2+. The maximum absolute atomic E-state index is 13.7. The Balaban J connectivity index is 1.44. The molecule has 0 atom stereocenters. The van der Waals surface area contributed by atoms with Gasteiger partial charge in [-0.1, -0.05) is 54.6 Å². The van der Waals surface area contributed by atoms with Crippen LogP contribution in [0.2, 0.25) is 0 Å². The van der Waals surface area contributed by atoms with Gasteiger partial charge < -0.3 is 10.2 Å². The summed E-state index contributed by atoms with van der Waals surface area (Å²) in [6, 6.07) is 18.7. The summed E-state index contributed by atoms with van der Waals surface area (Å²) in [5.41, 5.74) is 1.75. The Labute approximate surface area is 231 Å². The van der Waals surface area contributed by atoms with Crippen molar-refractivity contribution in [1.29, 1.82) is 0 Å². The third-order valence-corrected chi connectivity index (χ3v) is 7.69. The minimum atomic E-state index is -4.45. The Morgan fingerprint density at radius 1 is 0.900 bits per heavy atom. The van der Waals surface area contributed by atoms with Crippen LogP contribution in [-0.2, 0) is 30.4 Å².